The summed E-state index contributed by atoms with van der Waals surface area (Å²) in [5.74, 6) is -0.107. The van der Waals surface area contributed by atoms with E-state index in [0.717, 1.165) is 16.0 Å². The normalized spacial score (nSPS) is 10.9. The quantitative estimate of drug-likeness (QED) is 0.728. The molecule has 0 aliphatic heterocycles. The molecule has 3 rings (SSSR count). The van der Waals surface area contributed by atoms with E-state index < -0.39 is 0 Å². The fraction of sp³-hybridized carbons (Fsp3) is 0.125. The van der Waals surface area contributed by atoms with E-state index in [1.807, 2.05) is 37.3 Å². The van der Waals surface area contributed by atoms with Gasteiger partial charge >= 0.3 is 0 Å². The minimum Gasteiger partial charge on any atom is -0.505 e. The lowest BCUT2D eigenvalue weighted by Gasteiger charge is -2.02. The number of benzene rings is 1. The summed E-state index contributed by atoms with van der Waals surface area (Å²) in [5.41, 5.74) is 1.90. The van der Waals surface area contributed by atoms with Gasteiger partial charge in [0.05, 0.1) is 5.39 Å². The molecule has 1 aromatic carbocycles. The van der Waals surface area contributed by atoms with Crippen LogP contribution in [-0.4, -0.2) is 15.1 Å². The van der Waals surface area contributed by atoms with Gasteiger partial charge in [0.1, 0.15) is 4.83 Å². The second kappa shape index (κ2) is 5.18. The first-order valence-electron chi connectivity index (χ1n) is 6.50. The molecule has 0 amide bonds. The summed E-state index contributed by atoms with van der Waals surface area (Å²) in [6, 6.07) is 10.0. The largest absolute Gasteiger partial charge is 0.505 e. The van der Waals surface area contributed by atoms with Gasteiger partial charge in [0, 0.05) is 4.88 Å². The Balaban J connectivity index is 2.18. The lowest BCUT2D eigenvalue weighted by Crippen LogP contribution is -2.11. The highest BCUT2D eigenvalue weighted by atomic mass is 32.1. The number of aromatic nitrogens is 2. The zero-order valence-electron chi connectivity index (χ0n) is 11.5. The predicted molar refractivity (Wildman–Crippen MR) is 85.9 cm³/mol. The molecule has 0 aliphatic rings. The van der Waals surface area contributed by atoms with Gasteiger partial charge in [0.15, 0.2) is 11.6 Å². The summed E-state index contributed by atoms with van der Waals surface area (Å²) in [6.45, 7) is 5.38. The van der Waals surface area contributed by atoms with E-state index in [2.05, 4.69) is 16.5 Å². The highest BCUT2D eigenvalue weighted by Gasteiger charge is 2.16. The van der Waals surface area contributed by atoms with Crippen LogP contribution in [0.1, 0.15) is 21.8 Å². The number of aryl methyl sites for hydroxylation is 1. The number of hydrogen-bond acceptors (Lipinski definition) is 4. The van der Waals surface area contributed by atoms with Crippen LogP contribution in [0.4, 0.5) is 0 Å². The van der Waals surface area contributed by atoms with Crippen LogP contribution in [0.5, 0.6) is 0 Å². The van der Waals surface area contributed by atoms with Gasteiger partial charge in [-0.25, -0.2) is 4.98 Å². The Labute approximate surface area is 125 Å². The number of aliphatic hydroxyl groups excluding tert-OH is 1. The van der Waals surface area contributed by atoms with Crippen molar-refractivity contribution in [1.82, 2.24) is 9.97 Å². The Bertz CT molecular complexity index is 878. The molecule has 0 aliphatic carbocycles. The number of H-pyrrole nitrogens is 1. The molecular weight excluding hydrogens is 284 g/mol. The lowest BCUT2D eigenvalue weighted by atomic mass is 10.0. The van der Waals surface area contributed by atoms with Gasteiger partial charge in [-0.1, -0.05) is 36.9 Å². The number of rotatable bonds is 3. The maximum absolute atomic E-state index is 12.3. The molecule has 3 aromatic rings. The van der Waals surface area contributed by atoms with E-state index in [1.54, 1.807) is 0 Å². The fourth-order valence-corrected chi connectivity index (χ4v) is 3.37. The second-order valence-corrected chi connectivity index (χ2v) is 6.04. The van der Waals surface area contributed by atoms with Crippen molar-refractivity contribution < 1.29 is 5.11 Å². The topological polar surface area (TPSA) is 66.0 Å². The van der Waals surface area contributed by atoms with Crippen molar-refractivity contribution in [2.24, 2.45) is 0 Å². The van der Waals surface area contributed by atoms with Gasteiger partial charge in [0.25, 0.3) is 5.56 Å². The molecule has 2 N–H and O–H groups in total. The van der Waals surface area contributed by atoms with Crippen LogP contribution < -0.4 is 5.56 Å². The van der Waals surface area contributed by atoms with Crippen molar-refractivity contribution in [3.05, 3.63) is 69.1 Å². The van der Waals surface area contributed by atoms with Gasteiger partial charge in [-0.15, -0.1) is 11.3 Å². The average molecular weight is 298 g/mol. The standard InChI is InChI=1S/C16H14N2O2S/c1-9(19)14-17-15(20)13-12(10(2)21-16(13)18-14)8-11-6-4-3-5-7-11/h3-7,19H,1,8H2,2H3,(H,17,18,20). The van der Waals surface area contributed by atoms with Crippen LogP contribution in [0.3, 0.4) is 0 Å². The van der Waals surface area contributed by atoms with E-state index in [9.17, 15) is 9.90 Å². The van der Waals surface area contributed by atoms with E-state index in [1.165, 1.54) is 11.3 Å². The highest BCUT2D eigenvalue weighted by Crippen LogP contribution is 2.29. The Morgan fingerprint density at radius 3 is 2.76 bits per heavy atom. The van der Waals surface area contributed by atoms with E-state index in [4.69, 9.17) is 0 Å². The first-order valence-corrected chi connectivity index (χ1v) is 7.32. The molecule has 2 aromatic heterocycles. The van der Waals surface area contributed by atoms with Crippen molar-refractivity contribution >= 4 is 27.3 Å². The molecular formula is C16H14N2O2S. The van der Waals surface area contributed by atoms with Crippen molar-refractivity contribution in [3.63, 3.8) is 0 Å². The van der Waals surface area contributed by atoms with Crippen molar-refractivity contribution in [3.8, 4) is 0 Å². The first-order chi connectivity index (χ1) is 10.1. The SMILES string of the molecule is C=C(O)c1nc2sc(C)c(Cc3ccccc3)c2c(=O)[nH]1. The number of nitrogens with zero attached hydrogens (tertiary/aromatic N) is 1. The minimum atomic E-state index is -0.236. The highest BCUT2D eigenvalue weighted by molar-refractivity contribution is 7.18. The Morgan fingerprint density at radius 2 is 2.10 bits per heavy atom. The number of nitrogens with one attached hydrogen (secondary N) is 1. The third-order valence-electron chi connectivity index (χ3n) is 3.36. The summed E-state index contributed by atoms with van der Waals surface area (Å²) in [7, 11) is 0. The molecule has 5 heteroatoms. The summed E-state index contributed by atoms with van der Waals surface area (Å²) in [5, 5.41) is 10.00. The maximum atomic E-state index is 12.3. The van der Waals surface area contributed by atoms with E-state index in [-0.39, 0.29) is 17.1 Å². The first kappa shape index (κ1) is 13.6. The molecule has 0 spiro atoms. The predicted octanol–water partition coefficient (Wildman–Crippen LogP) is 3.41. The van der Waals surface area contributed by atoms with Gasteiger partial charge in [-0.05, 0) is 24.5 Å². The lowest BCUT2D eigenvalue weighted by molar-refractivity contribution is 0.507. The van der Waals surface area contributed by atoms with Gasteiger partial charge in [-0.3, -0.25) is 4.79 Å². The van der Waals surface area contributed by atoms with Crippen molar-refractivity contribution in [2.45, 2.75) is 13.3 Å². The van der Waals surface area contributed by atoms with Crippen LogP contribution in [-0.2, 0) is 6.42 Å². The number of hydrogen-bond donors (Lipinski definition) is 2. The molecule has 0 saturated heterocycles. The number of thiophene rings is 1. The number of fused-ring (bicyclic) bond motifs is 1. The second-order valence-electron chi connectivity index (χ2n) is 4.84. The maximum Gasteiger partial charge on any atom is 0.260 e. The van der Waals surface area contributed by atoms with Crippen LogP contribution in [0, 0.1) is 6.92 Å². The molecule has 0 unspecified atom stereocenters. The zero-order chi connectivity index (χ0) is 15.0. The Kier molecular flexibility index (Phi) is 3.35. The third-order valence-corrected chi connectivity index (χ3v) is 4.40. The molecule has 0 radical (unpaired) electrons. The summed E-state index contributed by atoms with van der Waals surface area (Å²) in [4.78, 5) is 20.8. The molecule has 0 atom stereocenters. The van der Waals surface area contributed by atoms with E-state index >= 15 is 0 Å². The van der Waals surface area contributed by atoms with Crippen molar-refractivity contribution in [1.29, 1.82) is 0 Å². The molecule has 106 valence electrons. The van der Waals surface area contributed by atoms with Gasteiger partial charge in [0.2, 0.25) is 0 Å². The number of aromatic amines is 1. The smallest absolute Gasteiger partial charge is 0.260 e. The van der Waals surface area contributed by atoms with Crippen molar-refractivity contribution in [2.75, 3.05) is 0 Å². The zero-order valence-corrected chi connectivity index (χ0v) is 12.3. The van der Waals surface area contributed by atoms with Gasteiger partial charge in [-0.2, -0.15) is 0 Å². The Morgan fingerprint density at radius 1 is 1.38 bits per heavy atom. The summed E-state index contributed by atoms with van der Waals surface area (Å²) < 4.78 is 0. The van der Waals surface area contributed by atoms with Gasteiger partial charge < -0.3 is 10.1 Å². The fourth-order valence-electron chi connectivity index (χ4n) is 2.32. The molecule has 0 saturated carbocycles. The van der Waals surface area contributed by atoms with Crippen LogP contribution in [0.2, 0.25) is 0 Å². The third kappa shape index (κ3) is 2.48. The molecule has 21 heavy (non-hydrogen) atoms. The van der Waals surface area contributed by atoms with E-state index in [0.29, 0.717) is 16.6 Å². The number of aliphatic hydroxyl groups is 1. The van der Waals surface area contributed by atoms with Crippen LogP contribution in [0.15, 0.2) is 41.7 Å². The molecule has 4 nitrogen and oxygen atoms in total. The average Bonchev–Trinajstić information content (AvgIpc) is 2.76. The minimum absolute atomic E-state index is 0.125. The summed E-state index contributed by atoms with van der Waals surface area (Å²) in [6.07, 6.45) is 0.691. The summed E-state index contributed by atoms with van der Waals surface area (Å²) >= 11 is 1.46. The van der Waals surface area contributed by atoms with Crippen LogP contribution in [0.25, 0.3) is 16.0 Å². The molecule has 0 fully saturated rings. The van der Waals surface area contributed by atoms with Crippen LogP contribution >= 0.6 is 11.3 Å². The molecule has 0 bridgehead atoms. The monoisotopic (exact) mass is 298 g/mol. The Hall–Kier alpha value is -2.40. The molecule has 2 heterocycles.